The summed E-state index contributed by atoms with van der Waals surface area (Å²) in [4.78, 5) is 45.7. The van der Waals surface area contributed by atoms with E-state index in [0.717, 1.165) is 0 Å². The number of nitrogens with zero attached hydrogens (tertiary/aromatic N) is 2. The van der Waals surface area contributed by atoms with Crippen LogP contribution in [0.2, 0.25) is 0 Å². The first-order chi connectivity index (χ1) is 17.7. The molecule has 2 heterocycles. The molecule has 0 unspecified atom stereocenters. The Kier molecular flexibility index (Phi) is 9.08. The molecule has 9 nitrogen and oxygen atoms in total. The molecule has 2 fully saturated rings. The molecule has 0 bridgehead atoms. The summed E-state index contributed by atoms with van der Waals surface area (Å²) in [5, 5.41) is 5.95. The lowest BCUT2D eigenvalue weighted by molar-refractivity contribution is -0.129. The van der Waals surface area contributed by atoms with Crippen LogP contribution in [0.3, 0.4) is 0 Å². The van der Waals surface area contributed by atoms with Gasteiger partial charge in [0.2, 0.25) is 11.8 Å². The van der Waals surface area contributed by atoms with Gasteiger partial charge in [-0.05, 0) is 62.0 Å². The number of hydrogen-bond donors (Lipinski definition) is 2. The van der Waals surface area contributed by atoms with Crippen LogP contribution in [0.1, 0.15) is 59.4 Å². The van der Waals surface area contributed by atoms with Crippen molar-refractivity contribution in [1.82, 2.24) is 15.2 Å². The molecule has 1 aliphatic heterocycles. The fraction of sp³-hybridized carbons (Fsp3) is 0.571. The number of aromatic nitrogens is 1. The van der Waals surface area contributed by atoms with Crippen LogP contribution in [0.25, 0.3) is 0 Å². The molecule has 38 heavy (non-hydrogen) atoms. The van der Waals surface area contributed by atoms with E-state index in [0.29, 0.717) is 48.4 Å². The van der Waals surface area contributed by atoms with Gasteiger partial charge in [0.05, 0.1) is 13.2 Å². The number of piperidine rings is 1. The van der Waals surface area contributed by atoms with Crippen molar-refractivity contribution in [2.45, 2.75) is 78.2 Å². The summed E-state index contributed by atoms with van der Waals surface area (Å²) in [6, 6.07) is 2.60. The van der Waals surface area contributed by atoms with E-state index in [1.807, 2.05) is 19.9 Å². The second-order valence-electron chi connectivity index (χ2n) is 11.7. The molecule has 1 aliphatic carbocycles. The van der Waals surface area contributed by atoms with Crippen molar-refractivity contribution in [3.63, 3.8) is 0 Å². The molecule has 10 heteroatoms. The predicted molar refractivity (Wildman–Crippen MR) is 149 cm³/mol. The van der Waals surface area contributed by atoms with Gasteiger partial charge in [0.1, 0.15) is 22.1 Å². The minimum atomic E-state index is -0.774. The Hall–Kier alpha value is -2.72. The van der Waals surface area contributed by atoms with Gasteiger partial charge in [0, 0.05) is 29.0 Å². The van der Waals surface area contributed by atoms with E-state index in [1.54, 1.807) is 39.0 Å². The first-order valence-corrected chi connectivity index (χ1v) is 13.6. The Morgan fingerprint density at radius 3 is 2.53 bits per heavy atom. The van der Waals surface area contributed by atoms with Crippen molar-refractivity contribution in [1.29, 1.82) is 0 Å². The first-order valence-electron chi connectivity index (χ1n) is 12.8. The molecule has 1 aromatic rings. The normalized spacial score (nSPS) is 22.3. The predicted octanol–water partition coefficient (Wildman–Crippen LogP) is 4.97. The minimum absolute atomic E-state index is 0.0864. The maximum absolute atomic E-state index is 13.6. The highest BCUT2D eigenvalue weighted by Crippen LogP contribution is 2.59. The van der Waals surface area contributed by atoms with Crippen molar-refractivity contribution >= 4 is 39.7 Å². The molecule has 0 spiro atoms. The zero-order valence-electron chi connectivity index (χ0n) is 22.9. The molecule has 3 atom stereocenters. The van der Waals surface area contributed by atoms with Gasteiger partial charge in [0.15, 0.2) is 0 Å². The maximum Gasteiger partial charge on any atom is 0.411 e. The fourth-order valence-corrected chi connectivity index (χ4v) is 5.09. The number of pyridine rings is 1. The third kappa shape index (κ3) is 7.02. The van der Waals surface area contributed by atoms with Gasteiger partial charge in [-0.2, -0.15) is 0 Å². The van der Waals surface area contributed by atoms with E-state index >= 15 is 0 Å². The van der Waals surface area contributed by atoms with E-state index in [9.17, 15) is 14.4 Å². The number of allylic oxidation sites excluding steroid dienone is 1. The number of hydrogen-bond acceptors (Lipinski definition) is 6. The van der Waals surface area contributed by atoms with Crippen LogP contribution in [0.15, 0.2) is 42.0 Å². The van der Waals surface area contributed by atoms with Gasteiger partial charge in [-0.3, -0.25) is 14.5 Å². The zero-order chi connectivity index (χ0) is 28.3. The van der Waals surface area contributed by atoms with Gasteiger partial charge in [-0.15, -0.1) is 13.2 Å². The van der Waals surface area contributed by atoms with Gasteiger partial charge in [0.25, 0.3) is 0 Å². The number of likely N-dealkylation sites (tertiary alicyclic amines) is 1. The smallest absolute Gasteiger partial charge is 0.411 e. The fourth-order valence-electron chi connectivity index (χ4n) is 4.78. The van der Waals surface area contributed by atoms with Crippen LogP contribution in [-0.2, 0) is 25.7 Å². The lowest BCUT2D eigenvalue weighted by atomic mass is 9.88. The van der Waals surface area contributed by atoms with Gasteiger partial charge < -0.3 is 20.1 Å². The first kappa shape index (κ1) is 29.8. The number of carbonyl (C=O) groups is 3. The number of anilines is 1. The van der Waals surface area contributed by atoms with Crippen LogP contribution in [0.4, 0.5) is 10.6 Å². The average Bonchev–Trinajstić information content (AvgIpc) is 3.41. The summed E-state index contributed by atoms with van der Waals surface area (Å²) in [6.45, 7) is 17.5. The third-order valence-electron chi connectivity index (χ3n) is 6.88. The molecule has 3 amide bonds. The highest BCUT2D eigenvalue weighted by Gasteiger charge is 2.68. The number of nitrogens with one attached hydrogen (secondary N) is 2. The monoisotopic (exact) mass is 590 g/mol. The van der Waals surface area contributed by atoms with Crippen LogP contribution >= 0.6 is 15.9 Å². The second kappa shape index (κ2) is 11.6. The van der Waals surface area contributed by atoms with Crippen molar-refractivity contribution in [2.24, 2.45) is 10.8 Å². The molecule has 2 aliphatic rings. The van der Waals surface area contributed by atoms with Crippen molar-refractivity contribution < 1.29 is 23.9 Å². The summed E-state index contributed by atoms with van der Waals surface area (Å²) >= 11 is 3.36. The molecular formula is C28H39BrN4O5. The lowest BCUT2D eigenvalue weighted by Crippen LogP contribution is -2.47. The lowest BCUT2D eigenvalue weighted by Gasteiger charge is -2.30. The Morgan fingerprint density at radius 2 is 1.89 bits per heavy atom. The molecular weight excluding hydrogens is 552 g/mol. The van der Waals surface area contributed by atoms with Crippen molar-refractivity contribution in [2.75, 3.05) is 18.5 Å². The van der Waals surface area contributed by atoms with E-state index in [-0.39, 0.29) is 29.9 Å². The molecule has 1 saturated carbocycles. The van der Waals surface area contributed by atoms with Crippen LogP contribution < -0.4 is 10.6 Å². The van der Waals surface area contributed by atoms with E-state index in [4.69, 9.17) is 9.47 Å². The van der Waals surface area contributed by atoms with E-state index in [2.05, 4.69) is 44.7 Å². The van der Waals surface area contributed by atoms with Crippen LogP contribution in [-0.4, -0.2) is 58.6 Å². The van der Waals surface area contributed by atoms with Crippen LogP contribution in [0.5, 0.6) is 0 Å². The van der Waals surface area contributed by atoms with E-state index in [1.165, 1.54) is 4.90 Å². The third-order valence-corrected chi connectivity index (χ3v) is 7.32. The van der Waals surface area contributed by atoms with Crippen LogP contribution in [0, 0.1) is 10.8 Å². The zero-order valence-corrected chi connectivity index (χ0v) is 24.5. The number of ether oxygens (including phenoxy) is 2. The van der Waals surface area contributed by atoms with Crippen molar-refractivity contribution in [3.8, 4) is 0 Å². The largest absolute Gasteiger partial charge is 0.444 e. The Morgan fingerprint density at radius 1 is 1.18 bits per heavy atom. The van der Waals surface area contributed by atoms with E-state index < -0.39 is 23.2 Å². The maximum atomic E-state index is 13.6. The second-order valence-corrected chi connectivity index (χ2v) is 12.5. The molecule has 0 aromatic carbocycles. The number of rotatable bonds is 11. The summed E-state index contributed by atoms with van der Waals surface area (Å²) in [5.41, 5.74) is -1.01. The quantitative estimate of drug-likeness (QED) is 0.214. The highest BCUT2D eigenvalue weighted by molar-refractivity contribution is 9.10. The van der Waals surface area contributed by atoms with Gasteiger partial charge in [-0.25, -0.2) is 9.78 Å². The summed E-state index contributed by atoms with van der Waals surface area (Å²) in [7, 11) is 0. The number of fused-ring (bicyclic) bond motifs is 1. The number of carbonyl (C=O) groups excluding carboxylic acids is 3. The van der Waals surface area contributed by atoms with Gasteiger partial charge >= 0.3 is 6.09 Å². The standard InChI is InChI=1S/C28H39BrN4O5/c1-8-12-27(6,7)24(35)30-17-28-14-19(33(20(28)15-28)25(36)38-26(3,4)5)23(34)32-22-18(16-37-13-9-2)10-11-21(29)31-22/h8-11,19-20H,1-2,12-17H2,3-7H3,(H,30,35)(H,31,32,34)/t19-,20+,28-/m0/s1. The number of halogens is 1. The Labute approximate surface area is 233 Å². The summed E-state index contributed by atoms with van der Waals surface area (Å²) in [6.07, 6.45) is 4.46. The topological polar surface area (TPSA) is 110 Å². The SMILES string of the molecule is C=CCOCc1ccc(Br)nc1NC(=O)[C@@H]1C[C@@]2(CNC(=O)C(C)(C)CC=C)C[C@H]2N1C(=O)OC(C)(C)C. The molecule has 0 radical (unpaired) electrons. The molecule has 208 valence electrons. The molecule has 1 aromatic heterocycles. The highest BCUT2D eigenvalue weighted by atomic mass is 79.9. The summed E-state index contributed by atoms with van der Waals surface area (Å²) in [5.74, 6) is -0.0976. The molecule has 2 N–H and O–H groups in total. The summed E-state index contributed by atoms with van der Waals surface area (Å²) < 4.78 is 11.8. The number of amides is 3. The van der Waals surface area contributed by atoms with Crippen molar-refractivity contribution in [3.05, 3.63) is 47.6 Å². The Balaban J connectivity index is 1.81. The van der Waals surface area contributed by atoms with Gasteiger partial charge in [-0.1, -0.05) is 32.1 Å². The Bertz CT molecular complexity index is 1100. The molecule has 3 rings (SSSR count). The minimum Gasteiger partial charge on any atom is -0.444 e. The average molecular weight is 592 g/mol. The molecule has 1 saturated heterocycles.